The van der Waals surface area contributed by atoms with E-state index < -0.39 is 29.9 Å². The molecule has 6 heteroatoms. The lowest BCUT2D eigenvalue weighted by Gasteiger charge is -2.22. The van der Waals surface area contributed by atoms with Crippen LogP contribution in [0.5, 0.6) is 0 Å². The number of esters is 1. The van der Waals surface area contributed by atoms with Crippen LogP contribution in [0.2, 0.25) is 0 Å². The zero-order valence-corrected chi connectivity index (χ0v) is 15.0. The third kappa shape index (κ3) is 4.53. The standard InChI is InChI=1S/C21H21NO5/c1-15(20(24)26-13-17-10-6-3-7-11-17)19(23)22-18(14-27-21(22)25)12-16-8-4-2-5-9-16/h2-11,15,18H,12-14H2,1H3/t15-,18+/m1/s1. The van der Waals surface area contributed by atoms with E-state index in [4.69, 9.17) is 9.47 Å². The van der Waals surface area contributed by atoms with Crippen LogP contribution in [-0.4, -0.2) is 35.5 Å². The normalized spacial score (nSPS) is 17.3. The molecular formula is C21H21NO5. The number of cyclic esters (lactones) is 1. The van der Waals surface area contributed by atoms with Crippen molar-refractivity contribution in [2.45, 2.75) is 26.0 Å². The van der Waals surface area contributed by atoms with Gasteiger partial charge in [-0.2, -0.15) is 0 Å². The van der Waals surface area contributed by atoms with Crippen LogP contribution in [0.3, 0.4) is 0 Å². The summed E-state index contributed by atoms with van der Waals surface area (Å²) in [7, 11) is 0. The molecule has 0 aliphatic carbocycles. The Bertz CT molecular complexity index is 806. The molecule has 27 heavy (non-hydrogen) atoms. The molecule has 6 nitrogen and oxygen atoms in total. The van der Waals surface area contributed by atoms with Crippen LogP contribution in [0.25, 0.3) is 0 Å². The Hall–Kier alpha value is -3.15. The average Bonchev–Trinajstić information content (AvgIpc) is 3.06. The van der Waals surface area contributed by atoms with Crippen molar-refractivity contribution < 1.29 is 23.9 Å². The number of ether oxygens (including phenoxy) is 2. The smallest absolute Gasteiger partial charge is 0.417 e. The second-order valence-corrected chi connectivity index (χ2v) is 6.44. The predicted molar refractivity (Wildman–Crippen MR) is 97.5 cm³/mol. The second-order valence-electron chi connectivity index (χ2n) is 6.44. The second kappa shape index (κ2) is 8.49. The molecule has 1 aliphatic rings. The molecule has 1 fully saturated rings. The van der Waals surface area contributed by atoms with Gasteiger partial charge in [0.1, 0.15) is 19.1 Å². The minimum absolute atomic E-state index is 0.0786. The number of hydrogen-bond donors (Lipinski definition) is 0. The van der Waals surface area contributed by atoms with Crippen LogP contribution in [0.15, 0.2) is 60.7 Å². The first-order valence-electron chi connectivity index (χ1n) is 8.80. The Morgan fingerprint density at radius 1 is 1.07 bits per heavy atom. The molecule has 2 atom stereocenters. The summed E-state index contributed by atoms with van der Waals surface area (Å²) in [5, 5.41) is 0. The van der Waals surface area contributed by atoms with Crippen LogP contribution in [0.4, 0.5) is 4.79 Å². The Morgan fingerprint density at radius 2 is 1.67 bits per heavy atom. The fraction of sp³-hybridized carbons (Fsp3) is 0.286. The lowest BCUT2D eigenvalue weighted by molar-refractivity contribution is -0.155. The molecule has 0 unspecified atom stereocenters. The topological polar surface area (TPSA) is 72.9 Å². The highest BCUT2D eigenvalue weighted by atomic mass is 16.6. The Labute approximate surface area is 157 Å². The van der Waals surface area contributed by atoms with Crippen molar-refractivity contribution in [1.82, 2.24) is 4.90 Å². The first-order chi connectivity index (χ1) is 13.1. The van der Waals surface area contributed by atoms with Gasteiger partial charge in [0.2, 0.25) is 5.91 Å². The summed E-state index contributed by atoms with van der Waals surface area (Å²) < 4.78 is 10.3. The number of imide groups is 1. The maximum atomic E-state index is 12.7. The van der Waals surface area contributed by atoms with Gasteiger partial charge < -0.3 is 9.47 Å². The summed E-state index contributed by atoms with van der Waals surface area (Å²) in [5.74, 6) is -2.35. The van der Waals surface area contributed by atoms with E-state index in [9.17, 15) is 14.4 Å². The number of nitrogens with zero attached hydrogens (tertiary/aromatic N) is 1. The van der Waals surface area contributed by atoms with Crippen LogP contribution in [-0.2, 0) is 32.1 Å². The van der Waals surface area contributed by atoms with Crippen LogP contribution >= 0.6 is 0 Å². The average molecular weight is 367 g/mol. The molecule has 1 aliphatic heterocycles. The maximum Gasteiger partial charge on any atom is 0.417 e. The van der Waals surface area contributed by atoms with Gasteiger partial charge in [-0.15, -0.1) is 0 Å². The van der Waals surface area contributed by atoms with Gasteiger partial charge in [0.15, 0.2) is 0 Å². The molecule has 0 saturated carbocycles. The largest absolute Gasteiger partial charge is 0.460 e. The van der Waals surface area contributed by atoms with Crippen molar-refractivity contribution in [3.63, 3.8) is 0 Å². The number of carbonyl (C=O) groups excluding carboxylic acids is 3. The highest BCUT2D eigenvalue weighted by Gasteiger charge is 2.41. The highest BCUT2D eigenvalue weighted by molar-refractivity contribution is 6.04. The highest BCUT2D eigenvalue weighted by Crippen LogP contribution is 2.20. The lowest BCUT2D eigenvalue weighted by Crippen LogP contribution is -2.45. The molecule has 0 N–H and O–H groups in total. The number of amides is 2. The zero-order chi connectivity index (χ0) is 19.2. The van der Waals surface area contributed by atoms with E-state index >= 15 is 0 Å². The monoisotopic (exact) mass is 367 g/mol. The molecular weight excluding hydrogens is 346 g/mol. The molecule has 2 aromatic carbocycles. The van der Waals surface area contributed by atoms with Crippen molar-refractivity contribution >= 4 is 18.0 Å². The van der Waals surface area contributed by atoms with E-state index in [0.717, 1.165) is 16.0 Å². The van der Waals surface area contributed by atoms with E-state index in [1.54, 1.807) is 0 Å². The predicted octanol–water partition coefficient (Wildman–Crippen LogP) is 2.96. The molecule has 2 aromatic rings. The minimum atomic E-state index is -1.09. The minimum Gasteiger partial charge on any atom is -0.460 e. The van der Waals surface area contributed by atoms with E-state index in [1.807, 2.05) is 60.7 Å². The molecule has 1 heterocycles. The summed E-state index contributed by atoms with van der Waals surface area (Å²) in [6.45, 7) is 1.64. The van der Waals surface area contributed by atoms with Gasteiger partial charge in [-0.25, -0.2) is 9.69 Å². The van der Waals surface area contributed by atoms with E-state index in [1.165, 1.54) is 6.92 Å². The van der Waals surface area contributed by atoms with Crippen molar-refractivity contribution in [1.29, 1.82) is 0 Å². The van der Waals surface area contributed by atoms with Crippen molar-refractivity contribution in [2.24, 2.45) is 5.92 Å². The Kier molecular flexibility index (Phi) is 5.86. The molecule has 0 aromatic heterocycles. The van der Waals surface area contributed by atoms with Gasteiger partial charge in [-0.05, 0) is 24.5 Å². The van der Waals surface area contributed by atoms with Gasteiger partial charge in [0, 0.05) is 0 Å². The van der Waals surface area contributed by atoms with E-state index in [0.29, 0.717) is 6.42 Å². The Balaban J connectivity index is 1.63. The van der Waals surface area contributed by atoms with Crippen LogP contribution in [0.1, 0.15) is 18.1 Å². The SMILES string of the molecule is C[C@@H](C(=O)OCc1ccccc1)C(=O)N1C(=O)OC[C@@H]1Cc1ccccc1. The lowest BCUT2D eigenvalue weighted by atomic mass is 10.0. The molecule has 2 amide bonds. The molecule has 1 saturated heterocycles. The van der Waals surface area contributed by atoms with Crippen molar-refractivity contribution in [2.75, 3.05) is 6.61 Å². The number of rotatable bonds is 6. The molecule has 0 bridgehead atoms. The summed E-state index contributed by atoms with van der Waals surface area (Å²) in [6.07, 6.45) is -0.243. The molecule has 140 valence electrons. The first-order valence-corrected chi connectivity index (χ1v) is 8.80. The quantitative estimate of drug-likeness (QED) is 0.580. The maximum absolute atomic E-state index is 12.7. The Morgan fingerprint density at radius 3 is 2.30 bits per heavy atom. The van der Waals surface area contributed by atoms with Gasteiger partial charge in [-0.1, -0.05) is 60.7 Å². The van der Waals surface area contributed by atoms with Gasteiger partial charge in [0.05, 0.1) is 6.04 Å². The summed E-state index contributed by atoms with van der Waals surface area (Å²) >= 11 is 0. The zero-order valence-electron chi connectivity index (χ0n) is 15.0. The summed E-state index contributed by atoms with van der Waals surface area (Å²) in [4.78, 5) is 38.1. The van der Waals surface area contributed by atoms with Crippen LogP contribution < -0.4 is 0 Å². The number of benzene rings is 2. The summed E-state index contributed by atoms with van der Waals surface area (Å²) in [6, 6.07) is 18.3. The van der Waals surface area contributed by atoms with Gasteiger partial charge >= 0.3 is 12.1 Å². The van der Waals surface area contributed by atoms with Crippen LogP contribution in [0, 0.1) is 5.92 Å². The molecule has 0 radical (unpaired) electrons. The van der Waals surface area contributed by atoms with E-state index in [2.05, 4.69) is 0 Å². The van der Waals surface area contributed by atoms with Crippen molar-refractivity contribution in [3.05, 3.63) is 71.8 Å². The summed E-state index contributed by atoms with van der Waals surface area (Å²) in [5.41, 5.74) is 1.81. The third-order valence-electron chi connectivity index (χ3n) is 4.46. The fourth-order valence-electron chi connectivity index (χ4n) is 2.93. The number of hydrogen-bond acceptors (Lipinski definition) is 5. The first kappa shape index (κ1) is 18.6. The molecule has 0 spiro atoms. The van der Waals surface area contributed by atoms with Gasteiger partial charge in [0.25, 0.3) is 0 Å². The van der Waals surface area contributed by atoms with Crippen molar-refractivity contribution in [3.8, 4) is 0 Å². The number of carbonyl (C=O) groups is 3. The van der Waals surface area contributed by atoms with E-state index in [-0.39, 0.29) is 13.2 Å². The fourth-order valence-corrected chi connectivity index (χ4v) is 2.93. The van der Waals surface area contributed by atoms with Gasteiger partial charge in [-0.3, -0.25) is 9.59 Å². The molecule has 3 rings (SSSR count). The third-order valence-corrected chi connectivity index (χ3v) is 4.46.